The summed E-state index contributed by atoms with van der Waals surface area (Å²) < 4.78 is 2.69. The van der Waals surface area contributed by atoms with Crippen LogP contribution in [0, 0.1) is 25.7 Å². The van der Waals surface area contributed by atoms with Gasteiger partial charge in [0.05, 0.1) is 4.88 Å². The van der Waals surface area contributed by atoms with Gasteiger partial charge in [-0.05, 0) is 83.9 Å². The molecule has 30 heavy (non-hydrogen) atoms. The molecular formula is C28H18S2. The summed E-state index contributed by atoms with van der Waals surface area (Å²) in [6, 6.07) is 26.8. The van der Waals surface area contributed by atoms with E-state index >= 15 is 0 Å². The molecule has 0 fully saturated rings. The summed E-state index contributed by atoms with van der Waals surface area (Å²) in [5.74, 6) is 6.63. The molecule has 6 aromatic rings. The Bertz CT molecular complexity index is 1670. The van der Waals surface area contributed by atoms with Crippen LogP contribution in [-0.4, -0.2) is 0 Å². The second kappa shape index (κ2) is 6.71. The van der Waals surface area contributed by atoms with Crippen LogP contribution in [0.4, 0.5) is 0 Å². The van der Waals surface area contributed by atoms with E-state index in [1.807, 2.05) is 11.3 Å². The second-order valence-electron chi connectivity index (χ2n) is 7.87. The molecule has 0 aliphatic carbocycles. The highest BCUT2D eigenvalue weighted by atomic mass is 32.1. The quantitative estimate of drug-likeness (QED) is 0.217. The third-order valence-electron chi connectivity index (χ3n) is 5.61. The molecule has 0 saturated heterocycles. The molecular weight excluding hydrogens is 400 g/mol. The standard InChI is InChI=1S/C28H18S2/c1-17-3-7-21-15-27-26(14-22(21)11-17)25-13-20-8-5-19(12-23(20)16-28(25)30-27)6-10-24-9-4-18(2)29-24/h3-5,7-9,11-16H,1-2H3. The summed E-state index contributed by atoms with van der Waals surface area (Å²) in [4.78, 5) is 2.42. The van der Waals surface area contributed by atoms with Crippen molar-refractivity contribution in [1.82, 2.24) is 0 Å². The van der Waals surface area contributed by atoms with Crippen LogP contribution in [0.2, 0.25) is 0 Å². The molecule has 0 nitrogen and oxygen atoms in total. The van der Waals surface area contributed by atoms with E-state index in [9.17, 15) is 0 Å². The Morgan fingerprint density at radius 3 is 2.07 bits per heavy atom. The lowest BCUT2D eigenvalue weighted by Crippen LogP contribution is -1.78. The summed E-state index contributed by atoms with van der Waals surface area (Å²) in [7, 11) is 0. The van der Waals surface area contributed by atoms with Gasteiger partial charge in [-0.2, -0.15) is 0 Å². The first-order chi connectivity index (χ1) is 14.6. The minimum Gasteiger partial charge on any atom is -0.135 e. The van der Waals surface area contributed by atoms with Gasteiger partial charge in [-0.3, -0.25) is 0 Å². The largest absolute Gasteiger partial charge is 0.135 e. The normalized spacial score (nSPS) is 11.4. The van der Waals surface area contributed by atoms with Crippen LogP contribution in [0.5, 0.6) is 0 Å². The van der Waals surface area contributed by atoms with Gasteiger partial charge in [0.1, 0.15) is 0 Å². The maximum Gasteiger partial charge on any atom is 0.0775 e. The Balaban J connectivity index is 1.52. The van der Waals surface area contributed by atoms with Gasteiger partial charge in [-0.1, -0.05) is 41.7 Å². The Morgan fingerprint density at radius 2 is 1.27 bits per heavy atom. The van der Waals surface area contributed by atoms with E-state index in [4.69, 9.17) is 0 Å². The predicted molar refractivity (Wildman–Crippen MR) is 134 cm³/mol. The number of thiophene rings is 2. The van der Waals surface area contributed by atoms with Crippen molar-refractivity contribution in [2.45, 2.75) is 13.8 Å². The fourth-order valence-corrected chi connectivity index (χ4v) is 5.98. The van der Waals surface area contributed by atoms with Gasteiger partial charge < -0.3 is 0 Å². The fourth-order valence-electron chi connectivity index (χ4n) is 4.09. The lowest BCUT2D eigenvalue weighted by Gasteiger charge is -2.02. The fraction of sp³-hybridized carbons (Fsp3) is 0.0714. The number of rotatable bonds is 0. The molecule has 0 aliphatic rings. The Kier molecular flexibility index (Phi) is 3.96. The summed E-state index contributed by atoms with van der Waals surface area (Å²) in [5.41, 5.74) is 2.37. The molecule has 0 unspecified atom stereocenters. The van der Waals surface area contributed by atoms with Crippen molar-refractivity contribution in [2.75, 3.05) is 0 Å². The van der Waals surface area contributed by atoms with E-state index in [0.717, 1.165) is 10.4 Å². The minimum atomic E-state index is 1.07. The first-order valence-corrected chi connectivity index (χ1v) is 11.6. The molecule has 0 N–H and O–H groups in total. The van der Waals surface area contributed by atoms with Crippen LogP contribution in [0.1, 0.15) is 20.9 Å². The second-order valence-corrected chi connectivity index (χ2v) is 10.2. The van der Waals surface area contributed by atoms with Crippen LogP contribution in [0.25, 0.3) is 41.7 Å². The molecule has 0 spiro atoms. The van der Waals surface area contributed by atoms with Gasteiger partial charge >= 0.3 is 0 Å². The highest BCUT2D eigenvalue weighted by molar-refractivity contribution is 7.26. The lowest BCUT2D eigenvalue weighted by molar-refractivity contribution is 1.51. The van der Waals surface area contributed by atoms with Crippen LogP contribution >= 0.6 is 22.7 Å². The lowest BCUT2D eigenvalue weighted by atomic mass is 10.0. The average molecular weight is 419 g/mol. The van der Waals surface area contributed by atoms with Crippen molar-refractivity contribution in [3.05, 3.63) is 93.7 Å². The molecule has 142 valence electrons. The number of hydrogen-bond donors (Lipinski definition) is 0. The summed E-state index contributed by atoms with van der Waals surface area (Å²) in [6.45, 7) is 4.27. The zero-order valence-corrected chi connectivity index (χ0v) is 18.4. The Hall–Kier alpha value is -3.12. The highest BCUT2D eigenvalue weighted by Crippen LogP contribution is 2.38. The van der Waals surface area contributed by atoms with E-state index in [1.165, 1.54) is 52.2 Å². The average Bonchev–Trinajstić information content (AvgIpc) is 3.31. The smallest absolute Gasteiger partial charge is 0.0775 e. The maximum atomic E-state index is 3.33. The van der Waals surface area contributed by atoms with Crippen molar-refractivity contribution in [2.24, 2.45) is 0 Å². The third-order valence-corrected chi connectivity index (χ3v) is 7.64. The van der Waals surface area contributed by atoms with Gasteiger partial charge in [0, 0.05) is 30.6 Å². The van der Waals surface area contributed by atoms with E-state index in [2.05, 4.69) is 98.5 Å². The van der Waals surface area contributed by atoms with E-state index in [0.29, 0.717) is 0 Å². The van der Waals surface area contributed by atoms with Crippen molar-refractivity contribution >= 4 is 64.4 Å². The molecule has 2 heteroatoms. The zero-order chi connectivity index (χ0) is 20.2. The van der Waals surface area contributed by atoms with Gasteiger partial charge in [-0.25, -0.2) is 0 Å². The summed E-state index contributed by atoms with van der Waals surface area (Å²) in [6.07, 6.45) is 0. The number of aryl methyl sites for hydroxylation is 2. The highest BCUT2D eigenvalue weighted by Gasteiger charge is 2.09. The molecule has 0 saturated carbocycles. The number of fused-ring (bicyclic) bond motifs is 5. The topological polar surface area (TPSA) is 0 Å². The number of benzene rings is 4. The molecule has 0 aliphatic heterocycles. The van der Waals surface area contributed by atoms with Crippen LogP contribution < -0.4 is 0 Å². The van der Waals surface area contributed by atoms with Gasteiger partial charge in [0.15, 0.2) is 0 Å². The Morgan fingerprint density at radius 1 is 0.567 bits per heavy atom. The van der Waals surface area contributed by atoms with E-state index < -0.39 is 0 Å². The van der Waals surface area contributed by atoms with Crippen LogP contribution in [-0.2, 0) is 0 Å². The monoisotopic (exact) mass is 418 g/mol. The van der Waals surface area contributed by atoms with Crippen molar-refractivity contribution < 1.29 is 0 Å². The molecule has 2 heterocycles. The van der Waals surface area contributed by atoms with Crippen molar-refractivity contribution in [1.29, 1.82) is 0 Å². The molecule has 0 bridgehead atoms. The molecule has 4 aromatic carbocycles. The Labute approximate surface area is 183 Å². The number of hydrogen-bond acceptors (Lipinski definition) is 2. The molecule has 6 rings (SSSR count). The zero-order valence-electron chi connectivity index (χ0n) is 16.7. The predicted octanol–water partition coefficient (Wildman–Crippen LogP) is 8.44. The molecule has 0 atom stereocenters. The molecule has 0 amide bonds. The summed E-state index contributed by atoms with van der Waals surface area (Å²) in [5, 5.41) is 7.85. The van der Waals surface area contributed by atoms with E-state index in [1.54, 1.807) is 11.3 Å². The third kappa shape index (κ3) is 2.99. The first kappa shape index (κ1) is 17.7. The van der Waals surface area contributed by atoms with Gasteiger partial charge in [-0.15, -0.1) is 22.7 Å². The molecule has 0 radical (unpaired) electrons. The van der Waals surface area contributed by atoms with Crippen LogP contribution in [0.15, 0.2) is 72.8 Å². The van der Waals surface area contributed by atoms with Gasteiger partial charge in [0.25, 0.3) is 0 Å². The van der Waals surface area contributed by atoms with Crippen molar-refractivity contribution in [3.63, 3.8) is 0 Å². The SMILES string of the molecule is Cc1ccc2cc3sc4cc5cc(C#Cc6ccc(C)s6)ccc5cc4c3cc2c1. The minimum absolute atomic E-state index is 1.07. The summed E-state index contributed by atoms with van der Waals surface area (Å²) >= 11 is 3.62. The van der Waals surface area contributed by atoms with E-state index in [-0.39, 0.29) is 0 Å². The molecule has 2 aromatic heterocycles. The maximum absolute atomic E-state index is 3.33. The van der Waals surface area contributed by atoms with Crippen LogP contribution in [0.3, 0.4) is 0 Å². The first-order valence-electron chi connectivity index (χ1n) is 10.0. The van der Waals surface area contributed by atoms with Gasteiger partial charge in [0.2, 0.25) is 0 Å². The van der Waals surface area contributed by atoms with Crippen molar-refractivity contribution in [3.8, 4) is 11.8 Å².